The van der Waals surface area contributed by atoms with Crippen LogP contribution in [0.3, 0.4) is 0 Å². The standard InChI is InChI=1S/C28H28N6O4S2/c1-3-37-19-9-11-21-23(13-19)33-27(31-21)39-15-25(35)29-17-5-7-18(8-6-17)30-26(36)16-40-28-32-22-12-10-20(38-4-2)14-24(22)34-28/h5-14H,3-4,15-16H2,1-2H3,(H,29,35)(H,30,36)(H,31,33)(H,32,34). The molecule has 3 aromatic carbocycles. The number of carbonyl (C=O) groups excluding carboxylic acids is 2. The summed E-state index contributed by atoms with van der Waals surface area (Å²) in [7, 11) is 0. The molecule has 0 unspecified atom stereocenters. The van der Waals surface area contributed by atoms with Crippen LogP contribution in [-0.4, -0.2) is 56.5 Å². The summed E-state index contributed by atoms with van der Waals surface area (Å²) in [5, 5.41) is 7.05. The van der Waals surface area contributed by atoms with Crippen LogP contribution in [0.15, 0.2) is 71.0 Å². The minimum Gasteiger partial charge on any atom is -0.494 e. The van der Waals surface area contributed by atoms with Crippen LogP contribution in [0.4, 0.5) is 11.4 Å². The van der Waals surface area contributed by atoms with E-state index in [4.69, 9.17) is 9.47 Å². The number of amides is 2. The van der Waals surface area contributed by atoms with Crippen molar-refractivity contribution in [3.05, 3.63) is 60.7 Å². The summed E-state index contributed by atoms with van der Waals surface area (Å²) in [5.74, 6) is 1.62. The van der Waals surface area contributed by atoms with Gasteiger partial charge in [-0.15, -0.1) is 0 Å². The van der Waals surface area contributed by atoms with Gasteiger partial charge in [0.1, 0.15) is 11.5 Å². The molecule has 0 aliphatic carbocycles. The lowest BCUT2D eigenvalue weighted by atomic mass is 10.3. The quantitative estimate of drug-likeness (QED) is 0.139. The van der Waals surface area contributed by atoms with Gasteiger partial charge in [0.2, 0.25) is 11.8 Å². The van der Waals surface area contributed by atoms with Crippen LogP contribution >= 0.6 is 23.5 Å². The van der Waals surface area contributed by atoms with Gasteiger partial charge in [-0.2, -0.15) is 0 Å². The highest BCUT2D eigenvalue weighted by atomic mass is 32.2. The monoisotopic (exact) mass is 576 g/mol. The number of hydrogen-bond acceptors (Lipinski definition) is 8. The Morgan fingerprint density at radius 3 is 1.52 bits per heavy atom. The normalized spacial score (nSPS) is 11.1. The second-order valence-electron chi connectivity index (χ2n) is 8.56. The smallest absolute Gasteiger partial charge is 0.234 e. The van der Waals surface area contributed by atoms with E-state index in [1.54, 1.807) is 24.3 Å². The van der Waals surface area contributed by atoms with Gasteiger partial charge in [-0.1, -0.05) is 23.5 Å². The molecule has 2 heterocycles. The molecular formula is C28H28N6O4S2. The number of thioether (sulfide) groups is 2. The van der Waals surface area contributed by atoms with Crippen molar-refractivity contribution in [1.82, 2.24) is 19.9 Å². The Bertz CT molecular complexity index is 1510. The van der Waals surface area contributed by atoms with Crippen LogP contribution in [0.5, 0.6) is 11.5 Å². The number of fused-ring (bicyclic) bond motifs is 2. The largest absolute Gasteiger partial charge is 0.494 e. The molecule has 10 nitrogen and oxygen atoms in total. The van der Waals surface area contributed by atoms with Crippen LogP contribution in [0.2, 0.25) is 0 Å². The maximum absolute atomic E-state index is 12.5. The predicted molar refractivity (Wildman–Crippen MR) is 160 cm³/mol. The fourth-order valence-electron chi connectivity index (χ4n) is 3.88. The molecule has 2 aromatic heterocycles. The molecule has 0 fully saturated rings. The lowest BCUT2D eigenvalue weighted by Crippen LogP contribution is -2.15. The highest BCUT2D eigenvalue weighted by molar-refractivity contribution is 8.00. The summed E-state index contributed by atoms with van der Waals surface area (Å²) in [5.41, 5.74) is 4.62. The lowest BCUT2D eigenvalue weighted by molar-refractivity contribution is -0.114. The number of nitrogens with one attached hydrogen (secondary N) is 4. The zero-order valence-electron chi connectivity index (χ0n) is 21.9. The highest BCUT2D eigenvalue weighted by Gasteiger charge is 2.11. The summed E-state index contributed by atoms with van der Waals surface area (Å²) in [4.78, 5) is 40.4. The molecule has 0 saturated carbocycles. The molecule has 0 aliphatic rings. The van der Waals surface area contributed by atoms with E-state index in [0.29, 0.717) is 34.9 Å². The number of rotatable bonds is 12. The first-order valence-electron chi connectivity index (χ1n) is 12.7. The average molecular weight is 577 g/mol. The number of benzene rings is 3. The van der Waals surface area contributed by atoms with Crippen molar-refractivity contribution in [2.45, 2.75) is 24.2 Å². The first-order chi connectivity index (χ1) is 19.5. The van der Waals surface area contributed by atoms with Crippen molar-refractivity contribution in [1.29, 1.82) is 0 Å². The van der Waals surface area contributed by atoms with Crippen LogP contribution in [0.1, 0.15) is 13.8 Å². The van der Waals surface area contributed by atoms with E-state index in [9.17, 15) is 9.59 Å². The minimum atomic E-state index is -0.159. The van der Waals surface area contributed by atoms with Crippen LogP contribution < -0.4 is 20.1 Å². The maximum atomic E-state index is 12.5. The van der Waals surface area contributed by atoms with E-state index in [1.807, 2.05) is 50.2 Å². The summed E-state index contributed by atoms with van der Waals surface area (Å²) in [6.45, 7) is 5.05. The Balaban J connectivity index is 1.07. The number of imidazole rings is 2. The highest BCUT2D eigenvalue weighted by Crippen LogP contribution is 2.25. The molecule has 5 aromatic rings. The minimum absolute atomic E-state index is 0.159. The summed E-state index contributed by atoms with van der Waals surface area (Å²) in [6.07, 6.45) is 0. The number of aromatic amines is 2. The van der Waals surface area contributed by atoms with Gasteiger partial charge in [0.05, 0.1) is 46.8 Å². The third kappa shape index (κ3) is 7.07. The lowest BCUT2D eigenvalue weighted by Gasteiger charge is -2.07. The number of aromatic nitrogens is 4. The number of H-pyrrole nitrogens is 2. The molecule has 0 radical (unpaired) electrons. The van der Waals surface area contributed by atoms with Gasteiger partial charge in [-0.25, -0.2) is 9.97 Å². The zero-order chi connectivity index (χ0) is 27.9. The SMILES string of the molecule is CCOc1ccc2nc(SCC(=O)Nc3ccc(NC(=O)CSc4nc5ccc(OCC)cc5[nH]4)cc3)[nH]c2c1. The second-order valence-corrected chi connectivity index (χ2v) is 10.5. The number of ether oxygens (including phenoxy) is 2. The Hall–Kier alpha value is -4.16. The van der Waals surface area contributed by atoms with E-state index in [2.05, 4.69) is 30.6 Å². The Kier molecular flexibility index (Phi) is 8.77. The van der Waals surface area contributed by atoms with Gasteiger partial charge in [-0.3, -0.25) is 9.59 Å². The van der Waals surface area contributed by atoms with Crippen LogP contribution in [-0.2, 0) is 9.59 Å². The van der Waals surface area contributed by atoms with E-state index in [1.165, 1.54) is 23.5 Å². The van der Waals surface area contributed by atoms with Gasteiger partial charge in [-0.05, 0) is 62.4 Å². The van der Waals surface area contributed by atoms with Crippen molar-refractivity contribution in [3.8, 4) is 11.5 Å². The molecule has 2 amide bonds. The predicted octanol–water partition coefficient (Wildman–Crippen LogP) is 5.70. The molecule has 40 heavy (non-hydrogen) atoms. The molecule has 0 aliphatic heterocycles. The fourth-order valence-corrected chi connectivity index (χ4v) is 5.25. The Labute approximate surface area is 239 Å². The molecule has 0 spiro atoms. The third-order valence-corrected chi connectivity index (χ3v) is 7.36. The van der Waals surface area contributed by atoms with E-state index in [-0.39, 0.29) is 23.3 Å². The third-order valence-electron chi connectivity index (χ3n) is 5.62. The molecule has 5 rings (SSSR count). The van der Waals surface area contributed by atoms with Gasteiger partial charge in [0.15, 0.2) is 10.3 Å². The molecule has 206 valence electrons. The molecule has 0 bridgehead atoms. The van der Waals surface area contributed by atoms with E-state index >= 15 is 0 Å². The van der Waals surface area contributed by atoms with Crippen molar-refractivity contribution in [2.24, 2.45) is 0 Å². The number of carbonyl (C=O) groups is 2. The summed E-state index contributed by atoms with van der Waals surface area (Å²) in [6, 6.07) is 18.3. The Morgan fingerprint density at radius 1 is 0.700 bits per heavy atom. The topological polar surface area (TPSA) is 134 Å². The summed E-state index contributed by atoms with van der Waals surface area (Å²) < 4.78 is 11.0. The van der Waals surface area contributed by atoms with Crippen molar-refractivity contribution >= 4 is 68.8 Å². The number of anilines is 2. The van der Waals surface area contributed by atoms with Gasteiger partial charge < -0.3 is 30.1 Å². The van der Waals surface area contributed by atoms with Crippen LogP contribution in [0, 0.1) is 0 Å². The molecule has 0 atom stereocenters. The fraction of sp³-hybridized carbons (Fsp3) is 0.214. The van der Waals surface area contributed by atoms with Crippen molar-refractivity contribution in [2.75, 3.05) is 35.4 Å². The van der Waals surface area contributed by atoms with Gasteiger partial charge in [0, 0.05) is 23.5 Å². The van der Waals surface area contributed by atoms with Crippen molar-refractivity contribution in [3.63, 3.8) is 0 Å². The maximum Gasteiger partial charge on any atom is 0.234 e. The molecule has 4 N–H and O–H groups in total. The van der Waals surface area contributed by atoms with Crippen LogP contribution in [0.25, 0.3) is 22.1 Å². The molecule has 0 saturated heterocycles. The van der Waals surface area contributed by atoms with E-state index in [0.717, 1.165) is 33.6 Å². The first-order valence-corrected chi connectivity index (χ1v) is 14.7. The van der Waals surface area contributed by atoms with E-state index < -0.39 is 0 Å². The van der Waals surface area contributed by atoms with Gasteiger partial charge >= 0.3 is 0 Å². The Morgan fingerprint density at radius 2 is 1.12 bits per heavy atom. The summed E-state index contributed by atoms with van der Waals surface area (Å²) >= 11 is 2.64. The first kappa shape index (κ1) is 27.4. The molecule has 12 heteroatoms. The van der Waals surface area contributed by atoms with Gasteiger partial charge in [0.25, 0.3) is 0 Å². The average Bonchev–Trinajstić information content (AvgIpc) is 3.55. The number of nitrogens with zero attached hydrogens (tertiary/aromatic N) is 2. The number of hydrogen-bond donors (Lipinski definition) is 4. The van der Waals surface area contributed by atoms with Crippen molar-refractivity contribution < 1.29 is 19.1 Å². The second kappa shape index (κ2) is 12.8. The zero-order valence-corrected chi connectivity index (χ0v) is 23.6. The molecular weight excluding hydrogens is 548 g/mol.